The van der Waals surface area contributed by atoms with Crippen molar-refractivity contribution in [3.05, 3.63) is 58.4 Å². The summed E-state index contributed by atoms with van der Waals surface area (Å²) in [5, 5.41) is 8.99. The third-order valence-corrected chi connectivity index (χ3v) is 4.12. The smallest absolute Gasteiger partial charge is 0.305 e. The highest BCUT2D eigenvalue weighted by Gasteiger charge is 2.30. The summed E-state index contributed by atoms with van der Waals surface area (Å²) >= 11 is 0. The van der Waals surface area contributed by atoms with E-state index in [1.165, 1.54) is 11.0 Å². The molecule has 1 aromatic heterocycles. The zero-order chi connectivity index (χ0) is 17.8. The van der Waals surface area contributed by atoms with Gasteiger partial charge in [0.25, 0.3) is 11.5 Å². The number of hydrogen-bond donors (Lipinski definition) is 2. The lowest BCUT2D eigenvalue weighted by Gasteiger charge is -2.34. The standard InChI is InChI=1S/C18H18N2O5/c21-16(22)10-13-11-25-9-8-20(13)18(24)14-6-7-15(19-17(14)23)12-4-2-1-3-5-12/h1-7,13H,8-11H2,(H,19,23)(H,21,22)/t13-/m0/s1. The average Bonchev–Trinajstić information content (AvgIpc) is 2.62. The molecule has 1 aliphatic rings. The molecule has 0 spiro atoms. The van der Waals surface area contributed by atoms with Gasteiger partial charge in [0.1, 0.15) is 5.56 Å². The summed E-state index contributed by atoms with van der Waals surface area (Å²) in [5.74, 6) is -1.49. The van der Waals surface area contributed by atoms with Gasteiger partial charge in [0.05, 0.1) is 25.7 Å². The van der Waals surface area contributed by atoms with Crippen molar-refractivity contribution >= 4 is 11.9 Å². The third kappa shape index (κ3) is 3.77. The highest BCUT2D eigenvalue weighted by atomic mass is 16.5. The molecule has 1 aliphatic heterocycles. The molecule has 130 valence electrons. The van der Waals surface area contributed by atoms with E-state index in [9.17, 15) is 14.4 Å². The minimum atomic E-state index is -1.01. The second-order valence-electron chi connectivity index (χ2n) is 5.81. The van der Waals surface area contributed by atoms with Gasteiger partial charge in [-0.05, 0) is 17.7 Å². The van der Waals surface area contributed by atoms with Crippen molar-refractivity contribution in [3.63, 3.8) is 0 Å². The number of ether oxygens (including phenoxy) is 1. The van der Waals surface area contributed by atoms with Crippen LogP contribution in [-0.4, -0.2) is 52.7 Å². The maximum Gasteiger partial charge on any atom is 0.305 e. The molecule has 2 aromatic rings. The van der Waals surface area contributed by atoms with Crippen LogP contribution >= 0.6 is 0 Å². The Morgan fingerprint density at radius 3 is 2.64 bits per heavy atom. The van der Waals surface area contributed by atoms with E-state index in [2.05, 4.69) is 4.98 Å². The Kier molecular flexibility index (Phi) is 4.95. The number of morpholine rings is 1. The van der Waals surface area contributed by atoms with Gasteiger partial charge in [0.15, 0.2) is 0 Å². The molecule has 3 rings (SSSR count). The van der Waals surface area contributed by atoms with Crippen LogP contribution in [0.25, 0.3) is 11.3 Å². The second-order valence-corrected chi connectivity index (χ2v) is 5.81. The van der Waals surface area contributed by atoms with Crippen LogP contribution < -0.4 is 5.56 Å². The number of aromatic amines is 1. The van der Waals surface area contributed by atoms with Gasteiger partial charge >= 0.3 is 5.97 Å². The summed E-state index contributed by atoms with van der Waals surface area (Å²) in [6.07, 6.45) is -0.217. The molecular weight excluding hydrogens is 324 g/mol. The number of rotatable bonds is 4. The van der Waals surface area contributed by atoms with Crippen LogP contribution in [0.4, 0.5) is 0 Å². The topological polar surface area (TPSA) is 99.7 Å². The minimum absolute atomic E-state index is 0.00281. The van der Waals surface area contributed by atoms with Crippen LogP contribution in [0.5, 0.6) is 0 Å². The summed E-state index contributed by atoms with van der Waals surface area (Å²) < 4.78 is 5.26. The first-order valence-corrected chi connectivity index (χ1v) is 7.95. The van der Waals surface area contributed by atoms with E-state index < -0.39 is 23.5 Å². The van der Waals surface area contributed by atoms with E-state index in [-0.39, 0.29) is 25.1 Å². The number of amides is 1. The maximum absolute atomic E-state index is 12.7. The lowest BCUT2D eigenvalue weighted by atomic mass is 10.1. The quantitative estimate of drug-likeness (QED) is 0.874. The molecule has 7 nitrogen and oxygen atoms in total. The Hall–Kier alpha value is -2.93. The van der Waals surface area contributed by atoms with Crippen molar-refractivity contribution in [2.75, 3.05) is 19.8 Å². The number of H-pyrrole nitrogens is 1. The summed E-state index contributed by atoms with van der Waals surface area (Å²) in [4.78, 5) is 40.2. The number of carboxylic acid groups (broad SMARTS) is 1. The van der Waals surface area contributed by atoms with E-state index in [1.807, 2.05) is 30.3 Å². The van der Waals surface area contributed by atoms with Crippen LogP contribution in [0.15, 0.2) is 47.3 Å². The SMILES string of the molecule is O=C(O)C[C@H]1COCCN1C(=O)c1ccc(-c2ccccc2)[nH]c1=O. The molecule has 1 amide bonds. The molecule has 1 aromatic carbocycles. The number of aliphatic carboxylic acids is 1. The third-order valence-electron chi connectivity index (χ3n) is 4.12. The first kappa shape index (κ1) is 16.9. The summed E-state index contributed by atoms with van der Waals surface area (Å²) in [6.45, 7) is 0.733. The number of aromatic nitrogens is 1. The van der Waals surface area contributed by atoms with Gasteiger partial charge in [-0.25, -0.2) is 0 Å². The van der Waals surface area contributed by atoms with Crippen LogP contribution in [0.3, 0.4) is 0 Å². The normalized spacial score (nSPS) is 17.3. The Morgan fingerprint density at radius 1 is 1.20 bits per heavy atom. The molecule has 2 heterocycles. The first-order valence-electron chi connectivity index (χ1n) is 7.95. The van der Waals surface area contributed by atoms with E-state index in [4.69, 9.17) is 9.84 Å². The van der Waals surface area contributed by atoms with Crippen molar-refractivity contribution in [1.29, 1.82) is 0 Å². The van der Waals surface area contributed by atoms with Crippen LogP contribution in [0.1, 0.15) is 16.8 Å². The zero-order valence-corrected chi connectivity index (χ0v) is 13.5. The summed E-state index contributed by atoms with van der Waals surface area (Å²) in [6, 6.07) is 11.9. The van der Waals surface area contributed by atoms with Crippen molar-refractivity contribution in [1.82, 2.24) is 9.88 Å². The molecule has 0 aliphatic carbocycles. The molecule has 0 saturated carbocycles. The molecule has 1 fully saturated rings. The first-order chi connectivity index (χ1) is 12.1. The minimum Gasteiger partial charge on any atom is -0.481 e. The molecule has 1 atom stereocenters. The fourth-order valence-corrected chi connectivity index (χ4v) is 2.88. The van der Waals surface area contributed by atoms with Crippen LogP contribution in [0.2, 0.25) is 0 Å². The number of carbonyl (C=O) groups is 2. The number of hydrogen-bond acceptors (Lipinski definition) is 4. The number of nitrogens with zero attached hydrogens (tertiary/aromatic N) is 1. The molecule has 0 bridgehead atoms. The van der Waals surface area contributed by atoms with Gasteiger partial charge in [-0.2, -0.15) is 0 Å². The largest absolute Gasteiger partial charge is 0.481 e. The molecule has 2 N–H and O–H groups in total. The number of benzene rings is 1. The fourth-order valence-electron chi connectivity index (χ4n) is 2.88. The highest BCUT2D eigenvalue weighted by molar-refractivity contribution is 5.94. The van der Waals surface area contributed by atoms with E-state index in [0.29, 0.717) is 12.3 Å². The Morgan fingerprint density at radius 2 is 1.96 bits per heavy atom. The highest BCUT2D eigenvalue weighted by Crippen LogP contribution is 2.17. The van der Waals surface area contributed by atoms with Crippen molar-refractivity contribution in [2.24, 2.45) is 0 Å². The predicted molar refractivity (Wildman–Crippen MR) is 90.4 cm³/mol. The van der Waals surface area contributed by atoms with Crippen LogP contribution in [-0.2, 0) is 9.53 Å². The molecule has 0 radical (unpaired) electrons. The van der Waals surface area contributed by atoms with Crippen LogP contribution in [0, 0.1) is 0 Å². The summed E-state index contributed by atoms with van der Waals surface area (Å²) in [7, 11) is 0. The Balaban J connectivity index is 1.86. The van der Waals surface area contributed by atoms with E-state index in [1.54, 1.807) is 6.07 Å². The van der Waals surface area contributed by atoms with Gasteiger partial charge in [-0.1, -0.05) is 30.3 Å². The lowest BCUT2D eigenvalue weighted by molar-refractivity contribution is -0.139. The van der Waals surface area contributed by atoms with Crippen molar-refractivity contribution in [2.45, 2.75) is 12.5 Å². The maximum atomic E-state index is 12.7. The van der Waals surface area contributed by atoms with Gasteiger partial charge < -0.3 is 19.7 Å². The fraction of sp³-hybridized carbons (Fsp3) is 0.278. The van der Waals surface area contributed by atoms with Gasteiger partial charge in [-0.3, -0.25) is 14.4 Å². The number of carboxylic acids is 1. The predicted octanol–water partition coefficient (Wildman–Crippen LogP) is 1.36. The van der Waals surface area contributed by atoms with Crippen molar-refractivity contribution < 1.29 is 19.4 Å². The van der Waals surface area contributed by atoms with Gasteiger partial charge in [-0.15, -0.1) is 0 Å². The monoisotopic (exact) mass is 342 g/mol. The Labute approximate surface area is 143 Å². The number of carbonyl (C=O) groups excluding carboxylic acids is 1. The number of nitrogens with one attached hydrogen (secondary N) is 1. The Bertz CT molecular complexity index is 831. The zero-order valence-electron chi connectivity index (χ0n) is 13.5. The average molecular weight is 342 g/mol. The molecular formula is C18H18N2O5. The molecule has 0 unspecified atom stereocenters. The molecule has 25 heavy (non-hydrogen) atoms. The van der Waals surface area contributed by atoms with Gasteiger partial charge in [0.2, 0.25) is 0 Å². The molecule has 7 heteroatoms. The second kappa shape index (κ2) is 7.31. The lowest BCUT2D eigenvalue weighted by Crippen LogP contribution is -2.50. The number of pyridine rings is 1. The molecule has 1 saturated heterocycles. The van der Waals surface area contributed by atoms with Gasteiger partial charge in [0, 0.05) is 12.2 Å². The van der Waals surface area contributed by atoms with Crippen molar-refractivity contribution in [3.8, 4) is 11.3 Å². The van der Waals surface area contributed by atoms with E-state index >= 15 is 0 Å². The summed E-state index contributed by atoms with van der Waals surface area (Å²) in [5.41, 5.74) is 0.962. The van der Waals surface area contributed by atoms with E-state index in [0.717, 1.165) is 5.56 Å².